The van der Waals surface area contributed by atoms with Crippen LogP contribution in [0.3, 0.4) is 0 Å². The number of esters is 2. The molecule has 4 aromatic rings. The van der Waals surface area contributed by atoms with E-state index < -0.39 is 24.0 Å². The number of nitriles is 1. The zero-order chi connectivity index (χ0) is 29.8. The highest BCUT2D eigenvalue weighted by Gasteiger charge is 2.29. The summed E-state index contributed by atoms with van der Waals surface area (Å²) in [4.78, 5) is 23.9. The zero-order valence-electron chi connectivity index (χ0n) is 23.0. The molecule has 2 atom stereocenters. The third-order valence-corrected chi connectivity index (χ3v) is 6.26. The van der Waals surface area contributed by atoms with Gasteiger partial charge in [-0.3, -0.25) is 4.79 Å². The van der Waals surface area contributed by atoms with Crippen LogP contribution < -0.4 is 10.5 Å². The molecule has 0 radical (unpaired) electrons. The lowest BCUT2D eigenvalue weighted by Crippen LogP contribution is -2.22. The second-order valence-electron chi connectivity index (χ2n) is 9.29. The van der Waals surface area contributed by atoms with E-state index in [1.165, 1.54) is 7.11 Å². The summed E-state index contributed by atoms with van der Waals surface area (Å²) in [5.74, 6) is -0.111. The molecule has 0 amide bonds. The van der Waals surface area contributed by atoms with Crippen molar-refractivity contribution < 1.29 is 23.8 Å². The number of ether oxygens (including phenoxy) is 3. The van der Waals surface area contributed by atoms with Crippen LogP contribution >= 0.6 is 11.6 Å². The highest BCUT2D eigenvalue weighted by atomic mass is 35.5. The van der Waals surface area contributed by atoms with E-state index in [1.807, 2.05) is 56.3 Å². The third kappa shape index (κ3) is 8.85. The number of halogens is 1. The molecule has 0 aliphatic heterocycles. The van der Waals surface area contributed by atoms with Crippen LogP contribution in [0.15, 0.2) is 103 Å². The molecule has 0 bridgehead atoms. The first-order valence-corrected chi connectivity index (χ1v) is 13.2. The Kier molecular flexibility index (Phi) is 11.3. The predicted molar refractivity (Wildman–Crippen MR) is 159 cm³/mol. The van der Waals surface area contributed by atoms with Crippen LogP contribution in [-0.2, 0) is 14.3 Å². The van der Waals surface area contributed by atoms with E-state index in [4.69, 9.17) is 26.8 Å². The normalized spacial score (nSPS) is 11.7. The Bertz CT molecular complexity index is 1480. The second-order valence-corrected chi connectivity index (χ2v) is 9.72. The van der Waals surface area contributed by atoms with Crippen molar-refractivity contribution in [3.63, 3.8) is 0 Å². The average molecular weight is 571 g/mol. The number of nitrogens with zero attached hydrogens (tertiary/aromatic N) is 1. The topological polar surface area (TPSA) is 112 Å². The molecule has 0 fully saturated rings. The fourth-order valence-corrected chi connectivity index (χ4v) is 4.11. The van der Waals surface area contributed by atoms with E-state index in [1.54, 1.807) is 60.7 Å². The van der Waals surface area contributed by atoms with Gasteiger partial charge in [0.25, 0.3) is 0 Å². The lowest BCUT2D eigenvalue weighted by atomic mass is 9.88. The van der Waals surface area contributed by atoms with Gasteiger partial charge in [-0.15, -0.1) is 0 Å². The summed E-state index contributed by atoms with van der Waals surface area (Å²) >= 11 is 5.96. The van der Waals surface area contributed by atoms with Gasteiger partial charge in [-0.2, -0.15) is 5.26 Å². The Hall–Kier alpha value is -4.80. The van der Waals surface area contributed by atoms with E-state index in [0.717, 1.165) is 5.56 Å². The number of hydrogen-bond donors (Lipinski definition) is 1. The lowest BCUT2D eigenvalue weighted by Gasteiger charge is -2.22. The van der Waals surface area contributed by atoms with Crippen molar-refractivity contribution in [2.24, 2.45) is 5.92 Å². The van der Waals surface area contributed by atoms with Gasteiger partial charge < -0.3 is 19.9 Å². The predicted octanol–water partition coefficient (Wildman–Crippen LogP) is 7.74. The first kappa shape index (κ1) is 30.7. The molecule has 0 spiro atoms. The average Bonchev–Trinajstić information content (AvgIpc) is 2.98. The quantitative estimate of drug-likeness (QED) is 0.170. The molecular weight excluding hydrogens is 540 g/mol. The van der Waals surface area contributed by atoms with Gasteiger partial charge in [0, 0.05) is 16.3 Å². The number of hydrogen-bond acceptors (Lipinski definition) is 7. The standard InChI is InChI=1S/C25H22ClNO3.C8H9NO2/c1-17(2)24(18-11-13-20(26)14-12-18)25(28)30-23(16-27)19-7-6-10-22(15-19)29-21-8-4-3-5-9-21;1-11-8(10)6-4-2-3-5-7(6)9/h3-15,17,23-24H,1-2H3;2-5H,9H2,1H3/t23-,24-;/m1./s1. The van der Waals surface area contributed by atoms with E-state index in [-0.39, 0.29) is 5.92 Å². The summed E-state index contributed by atoms with van der Waals surface area (Å²) in [6.07, 6.45) is -1.04. The van der Waals surface area contributed by atoms with Crippen molar-refractivity contribution >= 4 is 29.2 Å². The Morgan fingerprint density at radius 1 is 0.829 bits per heavy atom. The minimum Gasteiger partial charge on any atom is -0.465 e. The maximum Gasteiger partial charge on any atom is 0.339 e. The third-order valence-electron chi connectivity index (χ3n) is 6.01. The first-order valence-electron chi connectivity index (χ1n) is 12.8. The highest BCUT2D eigenvalue weighted by Crippen LogP contribution is 2.31. The van der Waals surface area contributed by atoms with Gasteiger partial charge >= 0.3 is 11.9 Å². The van der Waals surface area contributed by atoms with Crippen LogP contribution in [0.2, 0.25) is 5.02 Å². The number of anilines is 1. The van der Waals surface area contributed by atoms with Crippen molar-refractivity contribution in [1.82, 2.24) is 0 Å². The number of nitrogen functional groups attached to an aromatic ring is 1. The summed E-state index contributed by atoms with van der Waals surface area (Å²) in [6, 6.07) is 32.3. The van der Waals surface area contributed by atoms with E-state index in [9.17, 15) is 14.9 Å². The van der Waals surface area contributed by atoms with Crippen LogP contribution in [0, 0.1) is 17.2 Å². The molecule has 8 heteroatoms. The molecule has 0 saturated heterocycles. The van der Waals surface area contributed by atoms with Crippen LogP contribution in [0.4, 0.5) is 5.69 Å². The molecule has 2 N–H and O–H groups in total. The first-order chi connectivity index (χ1) is 19.7. The monoisotopic (exact) mass is 570 g/mol. The highest BCUT2D eigenvalue weighted by molar-refractivity contribution is 6.30. The summed E-state index contributed by atoms with van der Waals surface area (Å²) in [7, 11) is 1.33. The van der Waals surface area contributed by atoms with Gasteiger partial charge in [-0.05, 0) is 60.0 Å². The zero-order valence-corrected chi connectivity index (χ0v) is 23.7. The molecule has 7 nitrogen and oxygen atoms in total. The van der Waals surface area contributed by atoms with Crippen molar-refractivity contribution in [3.05, 3.63) is 125 Å². The molecule has 0 aromatic heterocycles. The van der Waals surface area contributed by atoms with Crippen LogP contribution in [0.25, 0.3) is 0 Å². The maximum absolute atomic E-state index is 13.0. The van der Waals surface area contributed by atoms with Gasteiger partial charge in [0.2, 0.25) is 6.10 Å². The number of para-hydroxylation sites is 2. The molecule has 0 aliphatic rings. The van der Waals surface area contributed by atoms with Gasteiger partial charge in [0.05, 0.1) is 18.6 Å². The molecule has 41 heavy (non-hydrogen) atoms. The Labute approximate surface area is 245 Å². The minimum atomic E-state index is -1.04. The van der Waals surface area contributed by atoms with E-state index in [0.29, 0.717) is 33.3 Å². The van der Waals surface area contributed by atoms with Crippen molar-refractivity contribution in [1.29, 1.82) is 5.26 Å². The SMILES string of the molecule is CC(C)[C@@H](C(=O)O[C@H](C#N)c1cccc(Oc2ccccc2)c1)c1ccc(Cl)cc1.COC(=O)c1ccccc1N. The lowest BCUT2D eigenvalue weighted by molar-refractivity contribution is -0.150. The maximum atomic E-state index is 13.0. The number of methoxy groups -OCH3 is 1. The number of nitrogens with two attached hydrogens (primary N) is 1. The van der Waals surface area contributed by atoms with Gasteiger partial charge in [-0.25, -0.2) is 4.79 Å². The van der Waals surface area contributed by atoms with Gasteiger partial charge in [-0.1, -0.05) is 80.0 Å². The Morgan fingerprint density at radius 2 is 1.46 bits per heavy atom. The fraction of sp³-hybridized carbons (Fsp3) is 0.182. The summed E-state index contributed by atoms with van der Waals surface area (Å²) in [5.41, 5.74) is 7.71. The van der Waals surface area contributed by atoms with Crippen LogP contribution in [0.5, 0.6) is 11.5 Å². The number of benzene rings is 4. The van der Waals surface area contributed by atoms with Crippen molar-refractivity contribution in [2.75, 3.05) is 12.8 Å². The molecule has 0 heterocycles. The van der Waals surface area contributed by atoms with E-state index >= 15 is 0 Å². The molecular formula is C33H31ClN2O5. The smallest absolute Gasteiger partial charge is 0.339 e. The minimum absolute atomic E-state index is 0.00855. The number of carbonyl (C=O) groups is 2. The largest absolute Gasteiger partial charge is 0.465 e. The fourth-order valence-electron chi connectivity index (χ4n) is 3.98. The molecule has 4 aromatic carbocycles. The van der Waals surface area contributed by atoms with E-state index in [2.05, 4.69) is 10.8 Å². The molecule has 0 saturated carbocycles. The number of rotatable bonds is 8. The molecule has 210 valence electrons. The summed E-state index contributed by atoms with van der Waals surface area (Å²) in [5, 5.41) is 10.2. The Balaban J connectivity index is 0.000000352. The molecule has 0 unspecified atom stereocenters. The molecule has 4 rings (SSSR count). The molecule has 0 aliphatic carbocycles. The summed E-state index contributed by atoms with van der Waals surface area (Å²) < 4.78 is 15.9. The van der Waals surface area contributed by atoms with Crippen LogP contribution in [-0.4, -0.2) is 19.0 Å². The van der Waals surface area contributed by atoms with Gasteiger partial charge in [0.15, 0.2) is 0 Å². The van der Waals surface area contributed by atoms with Crippen molar-refractivity contribution in [3.8, 4) is 17.6 Å². The summed E-state index contributed by atoms with van der Waals surface area (Å²) in [6.45, 7) is 3.88. The van der Waals surface area contributed by atoms with Crippen molar-refractivity contribution in [2.45, 2.75) is 25.9 Å². The van der Waals surface area contributed by atoms with Gasteiger partial charge in [0.1, 0.15) is 17.6 Å². The number of carbonyl (C=O) groups excluding carboxylic acids is 2. The second kappa shape index (κ2) is 15.1. The van der Waals surface area contributed by atoms with Crippen LogP contribution in [0.1, 0.15) is 47.4 Å². The Morgan fingerprint density at radius 3 is 2.07 bits per heavy atom.